The smallest absolute Gasteiger partial charge is 0.145 e. The van der Waals surface area contributed by atoms with Gasteiger partial charge in [0.15, 0.2) is 0 Å². The molecular formula is C14H9BrClNO. The molecule has 90 valence electrons. The molecule has 0 saturated carbocycles. The van der Waals surface area contributed by atoms with Gasteiger partial charge < -0.3 is 4.74 Å². The number of nitriles is 1. The highest BCUT2D eigenvalue weighted by atomic mass is 79.9. The average Bonchev–Trinajstić information content (AvgIpc) is 2.41. The van der Waals surface area contributed by atoms with Crippen molar-refractivity contribution in [3.8, 4) is 17.6 Å². The van der Waals surface area contributed by atoms with Crippen molar-refractivity contribution in [3.05, 3.63) is 58.6 Å². The standard InChI is InChI=1S/C14H9BrClNO/c15-8-11-7-12(16)5-6-14(11)18-13-4-2-1-3-10(13)9-17/h1-7H,8H2. The van der Waals surface area contributed by atoms with Gasteiger partial charge in [0.2, 0.25) is 0 Å². The summed E-state index contributed by atoms with van der Waals surface area (Å²) in [6.45, 7) is 0. The number of hydrogen-bond acceptors (Lipinski definition) is 2. The Labute approximate surface area is 119 Å². The van der Waals surface area contributed by atoms with Gasteiger partial charge in [0.1, 0.15) is 17.6 Å². The third-order valence-corrected chi connectivity index (χ3v) is 3.23. The number of hydrogen-bond donors (Lipinski definition) is 0. The highest BCUT2D eigenvalue weighted by molar-refractivity contribution is 9.08. The molecule has 0 unspecified atom stereocenters. The average molecular weight is 323 g/mol. The summed E-state index contributed by atoms with van der Waals surface area (Å²) in [4.78, 5) is 0. The van der Waals surface area contributed by atoms with Crippen molar-refractivity contribution in [1.82, 2.24) is 0 Å². The van der Waals surface area contributed by atoms with Crippen LogP contribution < -0.4 is 4.74 Å². The highest BCUT2D eigenvalue weighted by Gasteiger charge is 2.08. The van der Waals surface area contributed by atoms with Crippen LogP contribution in [0.5, 0.6) is 11.5 Å². The molecule has 0 aromatic heterocycles. The monoisotopic (exact) mass is 321 g/mol. The SMILES string of the molecule is N#Cc1ccccc1Oc1ccc(Cl)cc1CBr. The van der Waals surface area contributed by atoms with E-state index in [9.17, 15) is 0 Å². The first kappa shape index (κ1) is 12.9. The lowest BCUT2D eigenvalue weighted by Crippen LogP contribution is -1.91. The molecule has 0 fully saturated rings. The Morgan fingerprint density at radius 2 is 1.94 bits per heavy atom. The van der Waals surface area contributed by atoms with Gasteiger partial charge in [-0.15, -0.1) is 0 Å². The van der Waals surface area contributed by atoms with Crippen molar-refractivity contribution in [2.45, 2.75) is 5.33 Å². The molecule has 4 heteroatoms. The van der Waals surface area contributed by atoms with Crippen LogP contribution in [0.4, 0.5) is 0 Å². The van der Waals surface area contributed by atoms with E-state index < -0.39 is 0 Å². The van der Waals surface area contributed by atoms with Gasteiger partial charge in [-0.25, -0.2) is 0 Å². The maximum absolute atomic E-state index is 9.01. The van der Waals surface area contributed by atoms with Crippen LogP contribution in [0.3, 0.4) is 0 Å². The second kappa shape index (κ2) is 5.90. The first-order valence-corrected chi connectivity index (χ1v) is 6.76. The molecule has 0 N–H and O–H groups in total. The highest BCUT2D eigenvalue weighted by Crippen LogP contribution is 2.30. The molecule has 0 spiro atoms. The fourth-order valence-electron chi connectivity index (χ4n) is 1.52. The lowest BCUT2D eigenvalue weighted by Gasteiger charge is -2.10. The Kier molecular flexibility index (Phi) is 4.24. The second-order valence-corrected chi connectivity index (χ2v) is 4.59. The minimum Gasteiger partial charge on any atom is -0.456 e. The summed E-state index contributed by atoms with van der Waals surface area (Å²) in [5.41, 5.74) is 1.45. The van der Waals surface area contributed by atoms with E-state index in [4.69, 9.17) is 21.6 Å². The van der Waals surface area contributed by atoms with Crippen LogP contribution in [0.1, 0.15) is 11.1 Å². The van der Waals surface area contributed by atoms with E-state index in [2.05, 4.69) is 22.0 Å². The maximum atomic E-state index is 9.01. The largest absolute Gasteiger partial charge is 0.456 e. The molecule has 0 radical (unpaired) electrons. The molecular weight excluding hydrogens is 314 g/mol. The fourth-order valence-corrected chi connectivity index (χ4v) is 2.15. The number of para-hydroxylation sites is 1. The van der Waals surface area contributed by atoms with Crippen molar-refractivity contribution in [3.63, 3.8) is 0 Å². The summed E-state index contributed by atoms with van der Waals surface area (Å²) in [5.74, 6) is 1.24. The van der Waals surface area contributed by atoms with Crippen molar-refractivity contribution in [2.24, 2.45) is 0 Å². The Hall–Kier alpha value is -1.50. The van der Waals surface area contributed by atoms with Crippen LogP contribution in [0.25, 0.3) is 0 Å². The molecule has 0 aliphatic heterocycles. The fraction of sp³-hybridized carbons (Fsp3) is 0.0714. The Balaban J connectivity index is 2.37. The molecule has 2 aromatic carbocycles. The summed E-state index contributed by atoms with van der Waals surface area (Å²) in [5, 5.41) is 10.3. The molecule has 18 heavy (non-hydrogen) atoms. The van der Waals surface area contributed by atoms with E-state index in [0.717, 1.165) is 5.56 Å². The van der Waals surface area contributed by atoms with Crippen molar-refractivity contribution >= 4 is 27.5 Å². The van der Waals surface area contributed by atoms with Crippen LogP contribution in [0.15, 0.2) is 42.5 Å². The van der Waals surface area contributed by atoms with Crippen molar-refractivity contribution < 1.29 is 4.74 Å². The van der Waals surface area contributed by atoms with Gasteiger partial charge in [0, 0.05) is 15.9 Å². The van der Waals surface area contributed by atoms with Crippen LogP contribution >= 0.6 is 27.5 Å². The van der Waals surface area contributed by atoms with Crippen LogP contribution in [0.2, 0.25) is 5.02 Å². The number of ether oxygens (including phenoxy) is 1. The van der Waals surface area contributed by atoms with E-state index >= 15 is 0 Å². The van der Waals surface area contributed by atoms with Crippen molar-refractivity contribution in [1.29, 1.82) is 5.26 Å². The lowest BCUT2D eigenvalue weighted by atomic mass is 10.2. The molecule has 0 bridgehead atoms. The van der Waals surface area contributed by atoms with Crippen LogP contribution in [0, 0.1) is 11.3 Å². The van der Waals surface area contributed by atoms with Crippen LogP contribution in [-0.4, -0.2) is 0 Å². The first-order chi connectivity index (χ1) is 8.74. The minimum atomic E-state index is 0.507. The van der Waals surface area contributed by atoms with Crippen LogP contribution in [-0.2, 0) is 5.33 Å². The number of rotatable bonds is 3. The van der Waals surface area contributed by atoms with Gasteiger partial charge in [-0.3, -0.25) is 0 Å². The maximum Gasteiger partial charge on any atom is 0.145 e. The third-order valence-electron chi connectivity index (χ3n) is 2.39. The van der Waals surface area contributed by atoms with E-state index in [0.29, 0.717) is 27.4 Å². The van der Waals surface area contributed by atoms with E-state index in [-0.39, 0.29) is 0 Å². The number of nitrogens with zero attached hydrogens (tertiary/aromatic N) is 1. The molecule has 0 atom stereocenters. The summed E-state index contributed by atoms with van der Waals surface area (Å²) in [6, 6.07) is 14.6. The zero-order valence-electron chi connectivity index (χ0n) is 9.36. The van der Waals surface area contributed by atoms with E-state index in [1.165, 1.54) is 0 Å². The number of halogens is 2. The predicted molar refractivity (Wildman–Crippen MR) is 75.3 cm³/mol. The Bertz CT molecular complexity index is 607. The van der Waals surface area contributed by atoms with Crippen molar-refractivity contribution in [2.75, 3.05) is 0 Å². The van der Waals surface area contributed by atoms with Gasteiger partial charge in [0.25, 0.3) is 0 Å². The molecule has 0 aliphatic carbocycles. The normalized spacial score (nSPS) is 9.83. The molecule has 2 rings (SSSR count). The number of benzene rings is 2. The zero-order valence-corrected chi connectivity index (χ0v) is 11.7. The molecule has 2 nitrogen and oxygen atoms in total. The van der Waals surface area contributed by atoms with Gasteiger partial charge in [-0.2, -0.15) is 5.26 Å². The summed E-state index contributed by atoms with van der Waals surface area (Å²) >= 11 is 9.32. The third kappa shape index (κ3) is 2.84. The summed E-state index contributed by atoms with van der Waals surface area (Å²) in [6.07, 6.45) is 0. The van der Waals surface area contributed by atoms with Gasteiger partial charge in [0.05, 0.1) is 5.56 Å². The molecule has 0 saturated heterocycles. The van der Waals surface area contributed by atoms with Gasteiger partial charge in [-0.05, 0) is 30.3 Å². The Morgan fingerprint density at radius 1 is 1.17 bits per heavy atom. The molecule has 0 amide bonds. The predicted octanol–water partition coefficient (Wildman–Crippen LogP) is 4.90. The number of alkyl halides is 1. The Morgan fingerprint density at radius 3 is 2.67 bits per heavy atom. The molecule has 0 aliphatic rings. The first-order valence-electron chi connectivity index (χ1n) is 5.26. The van der Waals surface area contributed by atoms with Gasteiger partial charge >= 0.3 is 0 Å². The van der Waals surface area contributed by atoms with E-state index in [1.807, 2.05) is 12.1 Å². The zero-order chi connectivity index (χ0) is 13.0. The second-order valence-electron chi connectivity index (χ2n) is 3.60. The molecule has 2 aromatic rings. The topological polar surface area (TPSA) is 33.0 Å². The summed E-state index contributed by atoms with van der Waals surface area (Å²) in [7, 11) is 0. The minimum absolute atomic E-state index is 0.507. The quantitative estimate of drug-likeness (QED) is 0.753. The van der Waals surface area contributed by atoms with E-state index in [1.54, 1.807) is 30.3 Å². The summed E-state index contributed by atoms with van der Waals surface area (Å²) < 4.78 is 5.77. The lowest BCUT2D eigenvalue weighted by molar-refractivity contribution is 0.477. The van der Waals surface area contributed by atoms with Gasteiger partial charge in [-0.1, -0.05) is 39.7 Å². The molecule has 0 heterocycles.